The van der Waals surface area contributed by atoms with Gasteiger partial charge in [-0.15, -0.1) is 11.3 Å². The van der Waals surface area contributed by atoms with E-state index in [1.165, 1.54) is 24.1 Å². The Kier molecular flexibility index (Phi) is 6.00. The molecule has 2 aromatic rings. The number of anilines is 1. The van der Waals surface area contributed by atoms with E-state index in [4.69, 9.17) is 9.31 Å². The molecule has 31 heavy (non-hydrogen) atoms. The molecule has 1 N–H and O–H groups in total. The van der Waals surface area contributed by atoms with Gasteiger partial charge in [-0.2, -0.15) is 0 Å². The fourth-order valence-corrected chi connectivity index (χ4v) is 5.40. The normalized spacial score (nSPS) is 26.9. The van der Waals surface area contributed by atoms with E-state index in [0.29, 0.717) is 28.2 Å². The minimum atomic E-state index is -0.474. The van der Waals surface area contributed by atoms with Crippen molar-refractivity contribution in [3.05, 3.63) is 34.4 Å². The maximum Gasteiger partial charge on any atom is 0.495 e. The molecule has 0 spiro atoms. The summed E-state index contributed by atoms with van der Waals surface area (Å²) in [5, 5.41) is 5.46. The van der Waals surface area contributed by atoms with Gasteiger partial charge < -0.3 is 14.6 Å². The van der Waals surface area contributed by atoms with Gasteiger partial charge >= 0.3 is 7.12 Å². The third-order valence-electron chi connectivity index (χ3n) is 7.24. The quantitative estimate of drug-likeness (QED) is 0.532. The number of carbonyl (C=O) groups excluding carboxylic acids is 1. The Bertz CT molecular complexity index is 945. The lowest BCUT2D eigenvalue weighted by Gasteiger charge is -2.32. The molecule has 0 aromatic carbocycles. The first kappa shape index (κ1) is 22.4. The molecule has 2 aliphatic rings. The molecule has 1 aliphatic carbocycles. The van der Waals surface area contributed by atoms with Crippen LogP contribution in [0.2, 0.25) is 0 Å². The average molecular weight is 441 g/mol. The summed E-state index contributed by atoms with van der Waals surface area (Å²) in [5.74, 6) is 1.95. The van der Waals surface area contributed by atoms with Crippen molar-refractivity contribution in [2.75, 3.05) is 5.32 Å². The molecule has 0 bridgehead atoms. The molecule has 3 atom stereocenters. The van der Waals surface area contributed by atoms with Gasteiger partial charge in [0.05, 0.1) is 21.6 Å². The van der Waals surface area contributed by atoms with Crippen LogP contribution >= 0.6 is 11.3 Å². The van der Waals surface area contributed by atoms with E-state index < -0.39 is 18.3 Å². The third kappa shape index (κ3) is 4.30. The van der Waals surface area contributed by atoms with Crippen LogP contribution in [-0.4, -0.2) is 40.1 Å². The SMILES string of the molecule is CC[C@H]1C[C@@H](Nc2ncncc2C(=O)c2cc(B3OC(C)(C)C(C)(C)O3)cs2)C[C@@H]1C. The molecule has 2 aromatic heterocycles. The zero-order valence-corrected chi connectivity index (χ0v) is 20.1. The fourth-order valence-electron chi connectivity index (χ4n) is 4.53. The number of aromatic nitrogens is 2. The zero-order chi connectivity index (χ0) is 22.4. The first-order valence-corrected chi connectivity index (χ1v) is 12.0. The Morgan fingerprint density at radius 1 is 1.26 bits per heavy atom. The summed E-state index contributed by atoms with van der Waals surface area (Å²) in [6.07, 6.45) is 6.51. The van der Waals surface area contributed by atoms with Gasteiger partial charge in [0.2, 0.25) is 5.78 Å². The van der Waals surface area contributed by atoms with Crippen molar-refractivity contribution in [1.29, 1.82) is 0 Å². The highest BCUT2D eigenvalue weighted by Gasteiger charge is 2.52. The van der Waals surface area contributed by atoms with Crippen molar-refractivity contribution in [3.8, 4) is 0 Å². The maximum atomic E-state index is 13.3. The Balaban J connectivity index is 1.51. The van der Waals surface area contributed by atoms with Crippen LogP contribution in [0.25, 0.3) is 0 Å². The second kappa shape index (κ2) is 8.30. The van der Waals surface area contributed by atoms with Crippen molar-refractivity contribution < 1.29 is 14.1 Å². The van der Waals surface area contributed by atoms with E-state index in [1.807, 2.05) is 39.1 Å². The molecule has 1 saturated carbocycles. The number of carbonyl (C=O) groups is 1. The summed E-state index contributed by atoms with van der Waals surface area (Å²) in [6, 6.07) is 2.21. The molecule has 6 nitrogen and oxygen atoms in total. The minimum Gasteiger partial charge on any atom is -0.399 e. The number of rotatable bonds is 6. The molecule has 3 heterocycles. The lowest BCUT2D eigenvalue weighted by atomic mass is 9.81. The molecule has 0 unspecified atom stereocenters. The number of hydrogen-bond donors (Lipinski definition) is 1. The Labute approximate surface area is 189 Å². The highest BCUT2D eigenvalue weighted by atomic mass is 32.1. The predicted molar refractivity (Wildman–Crippen MR) is 125 cm³/mol. The smallest absolute Gasteiger partial charge is 0.399 e. The maximum absolute atomic E-state index is 13.3. The van der Waals surface area contributed by atoms with Crippen LogP contribution in [0.15, 0.2) is 24.0 Å². The van der Waals surface area contributed by atoms with E-state index in [0.717, 1.165) is 24.2 Å². The molecular formula is C23H32BN3O3S. The molecule has 4 rings (SSSR count). The number of nitrogens with zero attached hydrogens (tertiary/aromatic N) is 2. The monoisotopic (exact) mass is 441 g/mol. The molecule has 0 radical (unpaired) electrons. The van der Waals surface area contributed by atoms with Gasteiger partial charge in [-0.3, -0.25) is 4.79 Å². The molecule has 1 saturated heterocycles. The van der Waals surface area contributed by atoms with Gasteiger partial charge in [-0.1, -0.05) is 20.3 Å². The minimum absolute atomic E-state index is 0.0750. The van der Waals surface area contributed by atoms with Crippen LogP contribution in [0.3, 0.4) is 0 Å². The van der Waals surface area contributed by atoms with E-state index in [2.05, 4.69) is 29.1 Å². The van der Waals surface area contributed by atoms with Crippen LogP contribution in [0.4, 0.5) is 5.82 Å². The van der Waals surface area contributed by atoms with Gasteiger partial charge in [0.25, 0.3) is 0 Å². The Morgan fingerprint density at radius 2 is 1.97 bits per heavy atom. The standard InChI is InChI=1S/C23H32BN3O3S/c1-7-15-9-17(8-14(15)2)27-21-18(11-25-13-26-21)20(28)19-10-16(12-31-19)24-29-22(3,4)23(5,6)30-24/h10-15,17H,7-9H2,1-6H3,(H,25,26,27)/t14-,15-,17-/m0/s1. The molecule has 166 valence electrons. The zero-order valence-electron chi connectivity index (χ0n) is 19.3. The highest BCUT2D eigenvalue weighted by molar-refractivity contribution is 7.13. The lowest BCUT2D eigenvalue weighted by Crippen LogP contribution is -2.41. The van der Waals surface area contributed by atoms with E-state index in [1.54, 1.807) is 6.20 Å². The fraction of sp³-hybridized carbons (Fsp3) is 0.609. The van der Waals surface area contributed by atoms with Crippen LogP contribution in [0.1, 0.15) is 76.0 Å². The van der Waals surface area contributed by atoms with Crippen LogP contribution in [0.5, 0.6) is 0 Å². The summed E-state index contributed by atoms with van der Waals surface area (Å²) in [7, 11) is -0.474. The highest BCUT2D eigenvalue weighted by Crippen LogP contribution is 2.37. The van der Waals surface area contributed by atoms with Crippen molar-refractivity contribution in [1.82, 2.24) is 9.97 Å². The molecule has 8 heteroatoms. The number of thiophene rings is 1. The largest absolute Gasteiger partial charge is 0.495 e. The first-order valence-electron chi connectivity index (χ1n) is 11.2. The summed E-state index contributed by atoms with van der Waals surface area (Å²) in [4.78, 5) is 22.5. The van der Waals surface area contributed by atoms with E-state index >= 15 is 0 Å². The Hall–Kier alpha value is -1.77. The summed E-state index contributed by atoms with van der Waals surface area (Å²) in [5.41, 5.74) is 0.553. The Morgan fingerprint density at radius 3 is 2.61 bits per heavy atom. The summed E-state index contributed by atoms with van der Waals surface area (Å²) in [6.45, 7) is 12.7. The lowest BCUT2D eigenvalue weighted by molar-refractivity contribution is 0.00578. The van der Waals surface area contributed by atoms with Crippen LogP contribution in [0, 0.1) is 11.8 Å². The summed E-state index contributed by atoms with van der Waals surface area (Å²) < 4.78 is 12.3. The van der Waals surface area contributed by atoms with Gasteiger partial charge in [-0.25, -0.2) is 9.97 Å². The van der Waals surface area contributed by atoms with Gasteiger partial charge in [0.1, 0.15) is 12.1 Å². The molecule has 2 fully saturated rings. The second-order valence-electron chi connectivity index (χ2n) is 9.90. The number of ketones is 1. The van der Waals surface area contributed by atoms with Gasteiger partial charge in [-0.05, 0) is 69.3 Å². The third-order valence-corrected chi connectivity index (χ3v) is 8.19. The van der Waals surface area contributed by atoms with Crippen molar-refractivity contribution in [2.24, 2.45) is 11.8 Å². The van der Waals surface area contributed by atoms with E-state index in [-0.39, 0.29) is 5.78 Å². The number of nitrogens with one attached hydrogen (secondary N) is 1. The van der Waals surface area contributed by atoms with Crippen molar-refractivity contribution >= 4 is 35.5 Å². The second-order valence-corrected chi connectivity index (χ2v) is 10.8. The average Bonchev–Trinajstić information content (AvgIpc) is 3.38. The first-order chi connectivity index (χ1) is 14.6. The van der Waals surface area contributed by atoms with Crippen molar-refractivity contribution in [3.63, 3.8) is 0 Å². The molecular weight excluding hydrogens is 409 g/mol. The van der Waals surface area contributed by atoms with Gasteiger partial charge in [0.15, 0.2) is 0 Å². The summed E-state index contributed by atoms with van der Waals surface area (Å²) >= 11 is 1.40. The molecule has 0 amide bonds. The number of hydrogen-bond acceptors (Lipinski definition) is 7. The molecule has 1 aliphatic heterocycles. The van der Waals surface area contributed by atoms with Gasteiger partial charge in [0, 0.05) is 12.2 Å². The van der Waals surface area contributed by atoms with Crippen LogP contribution in [-0.2, 0) is 9.31 Å². The van der Waals surface area contributed by atoms with E-state index in [9.17, 15) is 4.79 Å². The topological polar surface area (TPSA) is 73.3 Å². The van der Waals surface area contributed by atoms with Crippen molar-refractivity contribution in [2.45, 2.75) is 78.0 Å². The van der Waals surface area contributed by atoms with Crippen LogP contribution < -0.4 is 10.8 Å². The predicted octanol–water partition coefficient (Wildman–Crippen LogP) is 4.30.